The monoisotopic (exact) mass is 290 g/mol. The van der Waals surface area contributed by atoms with Gasteiger partial charge in [0.2, 0.25) is 5.91 Å². The van der Waals surface area contributed by atoms with Crippen molar-refractivity contribution in [2.75, 3.05) is 13.1 Å². The molecule has 1 saturated carbocycles. The number of carbonyl (C=O) groups excluding carboxylic acids is 1. The van der Waals surface area contributed by atoms with Crippen molar-refractivity contribution in [3.8, 4) is 0 Å². The van der Waals surface area contributed by atoms with Crippen molar-refractivity contribution in [1.82, 2.24) is 10.2 Å². The summed E-state index contributed by atoms with van der Waals surface area (Å²) in [7, 11) is 0. The zero-order chi connectivity index (χ0) is 14.8. The van der Waals surface area contributed by atoms with Crippen molar-refractivity contribution in [3.63, 3.8) is 0 Å². The summed E-state index contributed by atoms with van der Waals surface area (Å²) in [4.78, 5) is 14.1. The average molecular weight is 290 g/mol. The quantitative estimate of drug-likeness (QED) is 0.925. The number of benzene rings is 1. The van der Waals surface area contributed by atoms with Gasteiger partial charge in [-0.25, -0.2) is 4.39 Å². The van der Waals surface area contributed by atoms with Gasteiger partial charge in [0, 0.05) is 36.7 Å². The summed E-state index contributed by atoms with van der Waals surface area (Å²) in [5, 5.41) is 3.15. The molecular weight excluding hydrogens is 267 g/mol. The Kier molecular flexibility index (Phi) is 4.24. The van der Waals surface area contributed by atoms with Gasteiger partial charge in [-0.05, 0) is 38.7 Å². The van der Waals surface area contributed by atoms with Gasteiger partial charge >= 0.3 is 0 Å². The maximum absolute atomic E-state index is 13.9. The van der Waals surface area contributed by atoms with E-state index in [0.717, 1.165) is 44.3 Å². The first-order valence-corrected chi connectivity index (χ1v) is 7.94. The molecule has 1 amide bonds. The number of hydrogen-bond acceptors (Lipinski definition) is 2. The zero-order valence-electron chi connectivity index (χ0n) is 12.5. The van der Waals surface area contributed by atoms with Gasteiger partial charge < -0.3 is 5.32 Å². The molecule has 1 heterocycles. The molecule has 1 saturated heterocycles. The average Bonchev–Trinajstić information content (AvgIpc) is 3.32. The Morgan fingerprint density at radius 1 is 1.24 bits per heavy atom. The number of nitrogens with one attached hydrogen (secondary N) is 1. The van der Waals surface area contributed by atoms with Crippen molar-refractivity contribution in [3.05, 3.63) is 35.6 Å². The molecule has 3 nitrogen and oxygen atoms in total. The second kappa shape index (κ2) is 6.14. The summed E-state index contributed by atoms with van der Waals surface area (Å²) in [6.45, 7) is 3.87. The lowest BCUT2D eigenvalue weighted by molar-refractivity contribution is -0.123. The Hall–Kier alpha value is -1.42. The van der Waals surface area contributed by atoms with Crippen LogP contribution in [0, 0.1) is 11.7 Å². The Morgan fingerprint density at radius 3 is 2.52 bits per heavy atom. The van der Waals surface area contributed by atoms with Crippen LogP contribution in [-0.4, -0.2) is 29.9 Å². The van der Waals surface area contributed by atoms with E-state index in [4.69, 9.17) is 0 Å². The van der Waals surface area contributed by atoms with E-state index < -0.39 is 0 Å². The van der Waals surface area contributed by atoms with Crippen molar-refractivity contribution in [1.29, 1.82) is 0 Å². The number of piperidine rings is 1. The maximum atomic E-state index is 13.9. The lowest BCUT2D eigenvalue weighted by atomic mass is 9.99. The molecule has 1 aromatic rings. The molecule has 1 unspecified atom stereocenters. The minimum atomic E-state index is -0.130. The molecule has 0 radical (unpaired) electrons. The predicted octanol–water partition coefficient (Wildman–Crippen LogP) is 2.88. The van der Waals surface area contributed by atoms with Crippen LogP contribution in [0.25, 0.3) is 0 Å². The highest BCUT2D eigenvalue weighted by Gasteiger charge is 2.32. The molecule has 114 valence electrons. The standard InChI is InChI=1S/C17H23FN2O/c1-12(15-4-2-3-5-16(15)18)20-10-8-14(9-11-20)19-17(21)13-6-7-13/h2-5,12-14H,6-11H2,1H3,(H,19,21). The summed E-state index contributed by atoms with van der Waals surface area (Å²) in [5.74, 6) is 0.380. The fourth-order valence-electron chi connectivity index (χ4n) is 3.11. The van der Waals surface area contributed by atoms with Gasteiger partial charge in [-0.3, -0.25) is 9.69 Å². The van der Waals surface area contributed by atoms with Crippen LogP contribution in [0.1, 0.15) is 44.2 Å². The molecule has 3 rings (SSSR count). The van der Waals surface area contributed by atoms with Gasteiger partial charge in [-0.2, -0.15) is 0 Å². The lowest BCUT2D eigenvalue weighted by Crippen LogP contribution is -2.45. The normalized spacial score (nSPS) is 22.0. The van der Waals surface area contributed by atoms with E-state index >= 15 is 0 Å². The van der Waals surface area contributed by atoms with Crippen molar-refractivity contribution in [2.45, 2.75) is 44.7 Å². The third-order valence-corrected chi connectivity index (χ3v) is 4.73. The summed E-state index contributed by atoms with van der Waals surface area (Å²) < 4.78 is 13.9. The third-order valence-electron chi connectivity index (χ3n) is 4.73. The number of nitrogens with zero attached hydrogens (tertiary/aromatic N) is 1. The molecule has 21 heavy (non-hydrogen) atoms. The summed E-state index contributed by atoms with van der Waals surface area (Å²) >= 11 is 0. The summed E-state index contributed by atoms with van der Waals surface area (Å²) in [6.07, 6.45) is 4.01. The highest BCUT2D eigenvalue weighted by atomic mass is 19.1. The first kappa shape index (κ1) is 14.5. The van der Waals surface area contributed by atoms with Gasteiger partial charge in [-0.1, -0.05) is 18.2 Å². The summed E-state index contributed by atoms with van der Waals surface area (Å²) in [6, 6.07) is 7.38. The number of carbonyl (C=O) groups is 1. The van der Waals surface area contributed by atoms with Crippen LogP contribution in [0.4, 0.5) is 4.39 Å². The van der Waals surface area contributed by atoms with Crippen LogP contribution >= 0.6 is 0 Å². The Labute approximate surface area is 125 Å². The van der Waals surface area contributed by atoms with Crippen LogP contribution in [0.15, 0.2) is 24.3 Å². The van der Waals surface area contributed by atoms with Gasteiger partial charge in [-0.15, -0.1) is 0 Å². The molecule has 2 fully saturated rings. The molecular formula is C17H23FN2O. The summed E-state index contributed by atoms with van der Waals surface area (Å²) in [5.41, 5.74) is 0.762. The first-order chi connectivity index (χ1) is 10.1. The van der Waals surface area contributed by atoms with Crippen molar-refractivity contribution in [2.24, 2.45) is 5.92 Å². The van der Waals surface area contributed by atoms with Crippen LogP contribution in [0.2, 0.25) is 0 Å². The molecule has 1 atom stereocenters. The number of amides is 1. The topological polar surface area (TPSA) is 32.3 Å². The second-order valence-corrected chi connectivity index (χ2v) is 6.29. The van der Waals surface area contributed by atoms with E-state index in [1.807, 2.05) is 12.1 Å². The Bertz CT molecular complexity index is 507. The largest absolute Gasteiger partial charge is 0.353 e. The molecule has 1 aromatic carbocycles. The van der Waals surface area contributed by atoms with E-state index in [9.17, 15) is 9.18 Å². The van der Waals surface area contributed by atoms with E-state index in [1.54, 1.807) is 6.07 Å². The van der Waals surface area contributed by atoms with Crippen LogP contribution < -0.4 is 5.32 Å². The van der Waals surface area contributed by atoms with Crippen LogP contribution in [0.5, 0.6) is 0 Å². The van der Waals surface area contributed by atoms with Gasteiger partial charge in [0.15, 0.2) is 0 Å². The third kappa shape index (κ3) is 3.43. The van der Waals surface area contributed by atoms with Crippen LogP contribution in [-0.2, 0) is 4.79 Å². The fourth-order valence-corrected chi connectivity index (χ4v) is 3.11. The number of likely N-dealkylation sites (tertiary alicyclic amines) is 1. The van der Waals surface area contributed by atoms with Gasteiger partial charge in [0.25, 0.3) is 0 Å². The molecule has 0 spiro atoms. The first-order valence-electron chi connectivity index (χ1n) is 7.94. The van der Waals surface area contributed by atoms with Gasteiger partial charge in [0.05, 0.1) is 0 Å². The minimum absolute atomic E-state index is 0.0892. The molecule has 1 aliphatic heterocycles. The molecule has 1 N–H and O–H groups in total. The van der Waals surface area contributed by atoms with E-state index in [0.29, 0.717) is 6.04 Å². The van der Waals surface area contributed by atoms with Crippen LogP contribution in [0.3, 0.4) is 0 Å². The number of rotatable bonds is 4. The van der Waals surface area contributed by atoms with E-state index in [1.165, 1.54) is 6.07 Å². The Balaban J connectivity index is 1.53. The molecule has 2 aliphatic rings. The minimum Gasteiger partial charge on any atom is -0.353 e. The zero-order valence-corrected chi connectivity index (χ0v) is 12.5. The fraction of sp³-hybridized carbons (Fsp3) is 0.588. The molecule has 0 aromatic heterocycles. The van der Waals surface area contributed by atoms with Gasteiger partial charge in [0.1, 0.15) is 5.82 Å². The smallest absolute Gasteiger partial charge is 0.223 e. The van der Waals surface area contributed by atoms with Crippen molar-refractivity contribution >= 4 is 5.91 Å². The Morgan fingerprint density at radius 2 is 1.90 bits per heavy atom. The number of halogens is 1. The predicted molar refractivity (Wildman–Crippen MR) is 80.3 cm³/mol. The molecule has 0 bridgehead atoms. The second-order valence-electron chi connectivity index (χ2n) is 6.29. The lowest BCUT2D eigenvalue weighted by Gasteiger charge is -2.36. The molecule has 4 heteroatoms. The van der Waals surface area contributed by atoms with E-state index in [2.05, 4.69) is 17.1 Å². The highest BCUT2D eigenvalue weighted by Crippen LogP contribution is 2.30. The van der Waals surface area contributed by atoms with E-state index in [-0.39, 0.29) is 23.7 Å². The highest BCUT2D eigenvalue weighted by molar-refractivity contribution is 5.81. The number of hydrogen-bond donors (Lipinski definition) is 1. The molecule has 1 aliphatic carbocycles. The SMILES string of the molecule is CC(c1ccccc1F)N1CCC(NC(=O)C2CC2)CC1. The van der Waals surface area contributed by atoms with Crippen molar-refractivity contribution < 1.29 is 9.18 Å². The maximum Gasteiger partial charge on any atom is 0.223 e.